The van der Waals surface area contributed by atoms with Crippen molar-refractivity contribution < 1.29 is 46.9 Å². The molecular formula is C22H21Cl3N6O11P2S2. The lowest BCUT2D eigenvalue weighted by Crippen LogP contribution is -2.37. The fourth-order valence-corrected chi connectivity index (χ4v) is 8.94. The van der Waals surface area contributed by atoms with Crippen LogP contribution in [0, 0.1) is 0 Å². The molecule has 3 fully saturated rings. The van der Waals surface area contributed by atoms with Crippen molar-refractivity contribution in [2.24, 2.45) is 0 Å². The zero-order valence-corrected chi connectivity index (χ0v) is 28.4. The highest BCUT2D eigenvalue weighted by Crippen LogP contribution is 2.60. The number of benzene rings is 1. The number of aromatic amines is 1. The van der Waals surface area contributed by atoms with Crippen molar-refractivity contribution in [1.29, 1.82) is 0 Å². The summed E-state index contributed by atoms with van der Waals surface area (Å²) in [6.07, 6.45) is -8.98. The van der Waals surface area contributed by atoms with E-state index in [-0.39, 0.29) is 26.5 Å². The number of aromatic nitrogens is 6. The molecule has 4 aromatic rings. The molecule has 17 nitrogen and oxygen atoms in total. The number of imidazole rings is 2. The molecule has 4 bridgehead atoms. The summed E-state index contributed by atoms with van der Waals surface area (Å²) in [5, 5.41) is 22.7. The fourth-order valence-electron chi connectivity index (χ4n) is 5.43. The number of rotatable bonds is 2. The largest absolute Gasteiger partial charge is 0.387 e. The summed E-state index contributed by atoms with van der Waals surface area (Å²) in [5.41, 5.74) is 0.115. The molecule has 46 heavy (non-hydrogen) atoms. The second-order valence-electron chi connectivity index (χ2n) is 10.3. The summed E-state index contributed by atoms with van der Waals surface area (Å²) in [4.78, 5) is 27.0. The first-order valence-corrected chi connectivity index (χ1v) is 19.7. The lowest BCUT2D eigenvalue weighted by molar-refractivity contribution is -0.0582. The van der Waals surface area contributed by atoms with Gasteiger partial charge in [-0.2, -0.15) is 0 Å². The molecule has 1 aromatic carbocycles. The van der Waals surface area contributed by atoms with Crippen LogP contribution in [0.4, 0.5) is 0 Å². The Morgan fingerprint density at radius 1 is 0.913 bits per heavy atom. The Morgan fingerprint density at radius 2 is 1.50 bits per heavy atom. The number of nitrogens with one attached hydrogen (secondary N) is 1. The van der Waals surface area contributed by atoms with Crippen LogP contribution < -0.4 is 5.56 Å². The molecule has 0 spiro atoms. The number of thiol groups is 2. The van der Waals surface area contributed by atoms with Crippen LogP contribution >= 0.6 is 72.9 Å². The predicted molar refractivity (Wildman–Crippen MR) is 168 cm³/mol. The van der Waals surface area contributed by atoms with E-state index in [2.05, 4.69) is 44.4 Å². The molecule has 248 valence electrons. The molecule has 3 aliphatic heterocycles. The standard InChI is InChI=1S/C22H21Cl3N6O11P2S2/c23-7-1-9-10(2-8(7)24)31(22(25)29-9)21-17-15(33)12(40-21)4-38-43(35,45)41-16-14(32)11(3-37-44(36,46)42-17)39-20(16)30-6-28-13-18(30)26-5-27-19(13)34/h1-2,5-6,11-12,14-17,20-21,32-33H,3-4H2,(H,35,45)(H,36,46)(H,26,27,34). The summed E-state index contributed by atoms with van der Waals surface area (Å²) in [6, 6.07) is 2.93. The molecule has 0 radical (unpaired) electrons. The van der Waals surface area contributed by atoms with Crippen LogP contribution in [0.15, 0.2) is 29.6 Å². The van der Waals surface area contributed by atoms with Gasteiger partial charge in [0.15, 0.2) is 23.6 Å². The van der Waals surface area contributed by atoms with Gasteiger partial charge in [-0.1, -0.05) is 47.7 Å². The SMILES string of the molecule is O=c1[nH]cnc2c1ncn2C1OC2COP(=O)(S)OC3C(O)C(COP(=O)(S)OC1C2O)OC3n1c(Cl)nc2cc(Cl)c(Cl)cc21. The monoisotopic (exact) mass is 776 g/mol. The molecule has 10 atom stereocenters. The maximum atomic E-state index is 13.6. The van der Waals surface area contributed by atoms with Crippen molar-refractivity contribution in [2.45, 2.75) is 49.1 Å². The van der Waals surface area contributed by atoms with Crippen molar-refractivity contribution in [1.82, 2.24) is 29.1 Å². The van der Waals surface area contributed by atoms with E-state index < -0.39 is 81.4 Å². The average molecular weight is 778 g/mol. The van der Waals surface area contributed by atoms with E-state index in [1.54, 1.807) is 0 Å². The molecule has 3 N–H and O–H groups in total. The Morgan fingerprint density at radius 3 is 2.15 bits per heavy atom. The van der Waals surface area contributed by atoms with Crippen molar-refractivity contribution in [3.63, 3.8) is 0 Å². The highest BCUT2D eigenvalue weighted by molar-refractivity contribution is 8.44. The number of H-pyrrole nitrogens is 1. The van der Waals surface area contributed by atoms with Crippen LogP contribution in [0.2, 0.25) is 15.3 Å². The van der Waals surface area contributed by atoms with Gasteiger partial charge in [0.05, 0.1) is 46.9 Å². The Hall–Kier alpha value is -1.25. The van der Waals surface area contributed by atoms with Gasteiger partial charge in [0.1, 0.15) is 36.6 Å². The fraction of sp³-hybridized carbons (Fsp3) is 0.455. The molecule has 6 heterocycles. The molecule has 24 heteroatoms. The van der Waals surface area contributed by atoms with Gasteiger partial charge >= 0.3 is 13.6 Å². The number of hydrogen-bond acceptors (Lipinski definition) is 14. The molecule has 10 unspecified atom stereocenters. The summed E-state index contributed by atoms with van der Waals surface area (Å²) in [5.74, 6) is 0. The normalized spacial score (nSPS) is 37.2. The van der Waals surface area contributed by atoms with Crippen molar-refractivity contribution in [3.05, 3.63) is 50.5 Å². The topological polar surface area (TPSA) is 211 Å². The van der Waals surface area contributed by atoms with Gasteiger partial charge < -0.3 is 24.7 Å². The van der Waals surface area contributed by atoms with Crippen LogP contribution in [-0.4, -0.2) is 89.1 Å². The van der Waals surface area contributed by atoms with Crippen molar-refractivity contribution in [3.8, 4) is 0 Å². The van der Waals surface area contributed by atoms with Crippen LogP contribution in [0.3, 0.4) is 0 Å². The molecule has 3 aliphatic rings. The highest BCUT2D eigenvalue weighted by Gasteiger charge is 2.53. The summed E-state index contributed by atoms with van der Waals surface area (Å²) in [7, 11) is 0. The lowest BCUT2D eigenvalue weighted by atomic mass is 10.1. The highest BCUT2D eigenvalue weighted by atomic mass is 35.5. The number of hydrogen-bond donors (Lipinski definition) is 5. The number of fused-ring (bicyclic) bond motifs is 6. The molecule has 7 rings (SSSR count). The minimum Gasteiger partial charge on any atom is -0.387 e. The Kier molecular flexibility index (Phi) is 8.87. The summed E-state index contributed by atoms with van der Waals surface area (Å²) < 4.78 is 64.1. The number of nitrogens with zero attached hydrogens (tertiary/aromatic N) is 5. The maximum Gasteiger partial charge on any atom is 0.386 e. The maximum absolute atomic E-state index is 13.6. The minimum atomic E-state index is -4.38. The van der Waals surface area contributed by atoms with Gasteiger partial charge in [-0.05, 0) is 23.7 Å². The smallest absolute Gasteiger partial charge is 0.386 e. The first kappa shape index (κ1) is 33.3. The lowest BCUT2D eigenvalue weighted by Gasteiger charge is -2.27. The summed E-state index contributed by atoms with van der Waals surface area (Å²) >= 11 is 27.0. The van der Waals surface area contributed by atoms with E-state index in [0.717, 1.165) is 6.33 Å². The van der Waals surface area contributed by atoms with E-state index in [9.17, 15) is 24.1 Å². The Labute approximate surface area is 282 Å². The van der Waals surface area contributed by atoms with E-state index in [1.165, 1.54) is 27.6 Å². The Bertz CT molecular complexity index is 2000. The molecular weight excluding hydrogens is 757 g/mol. The first-order chi connectivity index (χ1) is 21.7. The first-order valence-electron chi connectivity index (χ1n) is 13.1. The van der Waals surface area contributed by atoms with Gasteiger partial charge in [0.25, 0.3) is 5.56 Å². The molecule has 3 saturated heterocycles. The molecule has 0 amide bonds. The number of aliphatic hydroxyl groups excluding tert-OH is 2. The van der Waals surface area contributed by atoms with E-state index in [1.807, 2.05) is 0 Å². The van der Waals surface area contributed by atoms with Gasteiger partial charge in [0, 0.05) is 0 Å². The number of halogens is 3. The quantitative estimate of drug-likeness (QED) is 0.146. The molecule has 3 aromatic heterocycles. The van der Waals surface area contributed by atoms with Crippen molar-refractivity contribution >= 4 is 95.1 Å². The van der Waals surface area contributed by atoms with E-state index >= 15 is 0 Å². The third kappa shape index (κ3) is 5.97. The van der Waals surface area contributed by atoms with Gasteiger partial charge in [0.2, 0.25) is 5.28 Å². The number of ether oxygens (including phenoxy) is 2. The zero-order valence-electron chi connectivity index (χ0n) is 22.6. The zero-order chi connectivity index (χ0) is 32.7. The third-order valence-corrected chi connectivity index (χ3v) is 11.7. The molecule has 0 aliphatic carbocycles. The van der Waals surface area contributed by atoms with Gasteiger partial charge in [-0.3, -0.25) is 32.0 Å². The van der Waals surface area contributed by atoms with Crippen LogP contribution in [0.1, 0.15) is 12.5 Å². The van der Waals surface area contributed by atoms with Gasteiger partial charge in [-0.15, -0.1) is 0 Å². The average Bonchev–Trinajstić information content (AvgIpc) is 3.71. The van der Waals surface area contributed by atoms with Gasteiger partial charge in [-0.25, -0.2) is 24.1 Å². The second-order valence-corrected chi connectivity index (χ2v) is 17.2. The van der Waals surface area contributed by atoms with Crippen LogP contribution in [0.5, 0.6) is 0 Å². The third-order valence-electron chi connectivity index (χ3n) is 7.52. The van der Waals surface area contributed by atoms with E-state index in [0.29, 0.717) is 11.0 Å². The summed E-state index contributed by atoms with van der Waals surface area (Å²) in [6.45, 7) is -9.95. The minimum absolute atomic E-state index is 0.0450. The van der Waals surface area contributed by atoms with Crippen LogP contribution in [-0.2, 0) is 36.7 Å². The van der Waals surface area contributed by atoms with Crippen LogP contribution in [0.25, 0.3) is 22.2 Å². The predicted octanol–water partition coefficient (Wildman–Crippen LogP) is 3.54. The Balaban J connectivity index is 1.23. The van der Waals surface area contributed by atoms with E-state index in [4.69, 9.17) is 62.4 Å². The second kappa shape index (κ2) is 12.3. The number of aliphatic hydroxyl groups is 2. The molecule has 0 saturated carbocycles. The van der Waals surface area contributed by atoms with Crippen molar-refractivity contribution in [2.75, 3.05) is 13.2 Å².